The van der Waals surface area contributed by atoms with Gasteiger partial charge in [-0.3, -0.25) is 4.79 Å². The lowest BCUT2D eigenvalue weighted by Gasteiger charge is -2.34. The van der Waals surface area contributed by atoms with Crippen molar-refractivity contribution >= 4 is 44.0 Å². The molecule has 1 aliphatic rings. The van der Waals surface area contributed by atoms with Gasteiger partial charge in [-0.2, -0.15) is 0 Å². The second-order valence-corrected chi connectivity index (χ2v) is 8.47. The van der Waals surface area contributed by atoms with E-state index in [0.29, 0.717) is 16.4 Å². The number of anilines is 3. The predicted octanol–water partition coefficient (Wildman–Crippen LogP) is 4.50. The van der Waals surface area contributed by atoms with Crippen LogP contribution in [0.1, 0.15) is 12.8 Å². The summed E-state index contributed by atoms with van der Waals surface area (Å²) in [4.78, 5) is 21.2. The Kier molecular flexibility index (Phi) is 5.36. The molecule has 2 heterocycles. The highest BCUT2D eigenvalue weighted by atomic mass is 32.1. The van der Waals surface area contributed by atoms with E-state index in [1.165, 1.54) is 6.07 Å². The van der Waals surface area contributed by atoms with E-state index in [1.807, 2.05) is 31.1 Å². The van der Waals surface area contributed by atoms with Gasteiger partial charge in [0.05, 0.1) is 10.6 Å². The van der Waals surface area contributed by atoms with Crippen LogP contribution in [0.2, 0.25) is 0 Å². The van der Waals surface area contributed by atoms with Crippen molar-refractivity contribution in [3.63, 3.8) is 0 Å². The SMILES string of the molecule is CN(C)c1cccc(N2CCCC(C(=O)Nc3nc4c(F)cc(F)cc4s3)C2)c1. The van der Waals surface area contributed by atoms with Crippen molar-refractivity contribution in [1.82, 2.24) is 4.98 Å². The highest BCUT2D eigenvalue weighted by molar-refractivity contribution is 7.22. The van der Waals surface area contributed by atoms with Gasteiger partial charge in [-0.25, -0.2) is 13.8 Å². The zero-order valence-corrected chi connectivity index (χ0v) is 17.1. The molecule has 5 nitrogen and oxygen atoms in total. The summed E-state index contributed by atoms with van der Waals surface area (Å²) in [7, 11) is 4.00. The van der Waals surface area contributed by atoms with E-state index >= 15 is 0 Å². The van der Waals surface area contributed by atoms with Gasteiger partial charge >= 0.3 is 0 Å². The third-order valence-electron chi connectivity index (χ3n) is 5.15. The summed E-state index contributed by atoms with van der Waals surface area (Å²) in [5.41, 5.74) is 2.28. The number of fused-ring (bicyclic) bond motifs is 1. The number of carbonyl (C=O) groups is 1. The van der Waals surface area contributed by atoms with Crippen LogP contribution in [0.15, 0.2) is 36.4 Å². The first-order valence-corrected chi connectivity index (χ1v) is 10.3. The van der Waals surface area contributed by atoms with Crippen molar-refractivity contribution in [3.05, 3.63) is 48.0 Å². The van der Waals surface area contributed by atoms with Crippen LogP contribution >= 0.6 is 11.3 Å². The molecule has 1 unspecified atom stereocenters. The first-order chi connectivity index (χ1) is 13.9. The quantitative estimate of drug-likeness (QED) is 0.681. The Morgan fingerprint density at radius 3 is 2.90 bits per heavy atom. The molecular weight excluding hydrogens is 394 g/mol. The van der Waals surface area contributed by atoms with Crippen LogP contribution in [0.3, 0.4) is 0 Å². The Balaban J connectivity index is 1.48. The lowest BCUT2D eigenvalue weighted by atomic mass is 9.96. The molecule has 29 heavy (non-hydrogen) atoms. The fourth-order valence-corrected chi connectivity index (χ4v) is 4.52. The zero-order chi connectivity index (χ0) is 20.5. The van der Waals surface area contributed by atoms with E-state index in [4.69, 9.17) is 0 Å². The molecule has 152 valence electrons. The molecule has 3 aromatic rings. The number of aromatic nitrogens is 1. The lowest BCUT2D eigenvalue weighted by Crippen LogP contribution is -2.40. The summed E-state index contributed by atoms with van der Waals surface area (Å²) in [6, 6.07) is 10.3. The Bertz CT molecular complexity index is 1050. The van der Waals surface area contributed by atoms with Crippen molar-refractivity contribution in [2.75, 3.05) is 42.3 Å². The van der Waals surface area contributed by atoms with E-state index in [9.17, 15) is 13.6 Å². The number of benzene rings is 2. The number of nitrogens with one attached hydrogen (secondary N) is 1. The van der Waals surface area contributed by atoms with Crippen LogP contribution in [-0.2, 0) is 4.79 Å². The van der Waals surface area contributed by atoms with Crippen LogP contribution in [0.25, 0.3) is 10.2 Å². The molecule has 4 rings (SSSR count). The van der Waals surface area contributed by atoms with Crippen LogP contribution < -0.4 is 15.1 Å². The number of rotatable bonds is 4. The smallest absolute Gasteiger partial charge is 0.231 e. The van der Waals surface area contributed by atoms with E-state index < -0.39 is 11.6 Å². The van der Waals surface area contributed by atoms with Gasteiger partial charge in [0.25, 0.3) is 0 Å². The van der Waals surface area contributed by atoms with E-state index in [1.54, 1.807) is 0 Å². The minimum absolute atomic E-state index is 0.0810. The molecule has 0 aliphatic carbocycles. The number of halogens is 2. The number of amides is 1. The standard InChI is InChI=1S/C21H22F2N4OS/c1-26(2)15-6-3-7-16(11-15)27-8-4-5-13(12-27)20(28)25-21-24-19-17(23)9-14(22)10-18(19)29-21/h3,6-7,9-11,13H,4-5,8,12H2,1-2H3,(H,24,25,28). The van der Waals surface area contributed by atoms with Crippen molar-refractivity contribution in [2.24, 2.45) is 5.92 Å². The van der Waals surface area contributed by atoms with Crippen LogP contribution in [0.4, 0.5) is 25.3 Å². The summed E-state index contributed by atoms with van der Waals surface area (Å²) in [6.07, 6.45) is 1.69. The minimum Gasteiger partial charge on any atom is -0.378 e. The van der Waals surface area contributed by atoms with Gasteiger partial charge in [0, 0.05) is 44.6 Å². The number of nitrogens with zero attached hydrogens (tertiary/aromatic N) is 3. The molecule has 8 heteroatoms. The Hall–Kier alpha value is -2.74. The highest BCUT2D eigenvalue weighted by Gasteiger charge is 2.27. The molecule has 0 radical (unpaired) electrons. The first kappa shape index (κ1) is 19.6. The van der Waals surface area contributed by atoms with Gasteiger partial charge in [0.15, 0.2) is 10.9 Å². The molecule has 1 saturated heterocycles. The topological polar surface area (TPSA) is 48.5 Å². The summed E-state index contributed by atoms with van der Waals surface area (Å²) < 4.78 is 27.6. The number of carbonyl (C=O) groups excluding carboxylic acids is 1. The van der Waals surface area contributed by atoms with E-state index in [-0.39, 0.29) is 17.3 Å². The largest absolute Gasteiger partial charge is 0.378 e. The molecule has 0 bridgehead atoms. The molecule has 1 aliphatic heterocycles. The van der Waals surface area contributed by atoms with Crippen LogP contribution in [-0.4, -0.2) is 38.1 Å². The second-order valence-electron chi connectivity index (χ2n) is 7.44. The van der Waals surface area contributed by atoms with E-state index in [0.717, 1.165) is 48.2 Å². The fourth-order valence-electron chi connectivity index (χ4n) is 3.61. The average Bonchev–Trinajstić information content (AvgIpc) is 3.10. The maximum atomic E-state index is 13.9. The molecule has 1 aromatic heterocycles. The summed E-state index contributed by atoms with van der Waals surface area (Å²) in [6.45, 7) is 1.50. The summed E-state index contributed by atoms with van der Waals surface area (Å²) >= 11 is 1.08. The molecule has 1 N–H and O–H groups in total. The third kappa shape index (κ3) is 4.17. The maximum Gasteiger partial charge on any atom is 0.231 e. The van der Waals surface area contributed by atoms with Gasteiger partial charge in [-0.15, -0.1) is 0 Å². The fraction of sp³-hybridized carbons (Fsp3) is 0.333. The van der Waals surface area contributed by atoms with Crippen molar-refractivity contribution in [3.8, 4) is 0 Å². The zero-order valence-electron chi connectivity index (χ0n) is 16.3. The lowest BCUT2D eigenvalue weighted by molar-refractivity contribution is -0.120. The number of hydrogen-bond acceptors (Lipinski definition) is 5. The normalized spacial score (nSPS) is 16.8. The number of thiazole rings is 1. The number of hydrogen-bond donors (Lipinski definition) is 1. The molecule has 1 atom stereocenters. The van der Waals surface area contributed by atoms with Crippen molar-refractivity contribution in [1.29, 1.82) is 0 Å². The summed E-state index contributed by atoms with van der Waals surface area (Å²) in [5, 5.41) is 3.09. The molecule has 1 amide bonds. The highest BCUT2D eigenvalue weighted by Crippen LogP contribution is 2.30. The van der Waals surface area contributed by atoms with Gasteiger partial charge in [0.1, 0.15) is 11.3 Å². The Labute approximate surface area is 172 Å². The van der Waals surface area contributed by atoms with Gasteiger partial charge in [0.2, 0.25) is 5.91 Å². The van der Waals surface area contributed by atoms with E-state index in [2.05, 4.69) is 27.3 Å². The second kappa shape index (κ2) is 7.94. The minimum atomic E-state index is -0.721. The first-order valence-electron chi connectivity index (χ1n) is 9.49. The molecule has 0 spiro atoms. The Morgan fingerprint density at radius 1 is 1.28 bits per heavy atom. The van der Waals surface area contributed by atoms with Crippen LogP contribution in [0, 0.1) is 17.6 Å². The predicted molar refractivity (Wildman–Crippen MR) is 114 cm³/mol. The molecular formula is C21H22F2N4OS. The number of piperidine rings is 1. The van der Waals surface area contributed by atoms with Crippen molar-refractivity contribution < 1.29 is 13.6 Å². The molecule has 2 aromatic carbocycles. The van der Waals surface area contributed by atoms with Crippen LogP contribution in [0.5, 0.6) is 0 Å². The van der Waals surface area contributed by atoms with Gasteiger partial charge < -0.3 is 15.1 Å². The maximum absolute atomic E-state index is 13.9. The van der Waals surface area contributed by atoms with Crippen molar-refractivity contribution in [2.45, 2.75) is 12.8 Å². The van der Waals surface area contributed by atoms with Gasteiger partial charge in [-0.1, -0.05) is 17.4 Å². The summed E-state index contributed by atoms with van der Waals surface area (Å²) in [5.74, 6) is -1.71. The monoisotopic (exact) mass is 416 g/mol. The average molecular weight is 416 g/mol. The third-order valence-corrected chi connectivity index (χ3v) is 6.06. The molecule has 1 fully saturated rings. The Morgan fingerprint density at radius 2 is 2.10 bits per heavy atom. The van der Waals surface area contributed by atoms with Gasteiger partial charge in [-0.05, 0) is 37.1 Å². The molecule has 0 saturated carbocycles.